The van der Waals surface area contributed by atoms with Crippen molar-refractivity contribution in [2.24, 2.45) is 0 Å². The molecule has 2 aromatic carbocycles. The summed E-state index contributed by atoms with van der Waals surface area (Å²) >= 11 is 6.00. The molecule has 0 saturated carbocycles. The Hall–Kier alpha value is -3.11. The van der Waals surface area contributed by atoms with Gasteiger partial charge in [0.05, 0.1) is 11.2 Å². The van der Waals surface area contributed by atoms with Crippen molar-refractivity contribution in [3.05, 3.63) is 83.2 Å². The number of anilines is 1. The van der Waals surface area contributed by atoms with Gasteiger partial charge in [0.2, 0.25) is 0 Å². The molecule has 0 spiro atoms. The number of furan rings is 1. The Morgan fingerprint density at radius 3 is 2.50 bits per heavy atom. The van der Waals surface area contributed by atoms with Gasteiger partial charge in [-0.05, 0) is 43.3 Å². The summed E-state index contributed by atoms with van der Waals surface area (Å²) in [5.41, 5.74) is 3.47. The fourth-order valence-electron chi connectivity index (χ4n) is 2.75. The van der Waals surface area contributed by atoms with E-state index in [4.69, 9.17) is 16.0 Å². The van der Waals surface area contributed by atoms with Crippen LogP contribution >= 0.6 is 11.6 Å². The lowest BCUT2D eigenvalue weighted by Gasteiger charge is -2.07. The summed E-state index contributed by atoms with van der Waals surface area (Å²) in [6, 6.07) is 18.5. The number of nitrogens with zero attached hydrogens (tertiary/aromatic N) is 1. The number of aryl methyl sites for hydroxylation is 1. The Balaban J connectivity index is 0.00000109. The first kappa shape index (κ1) is 19.6. The van der Waals surface area contributed by atoms with Gasteiger partial charge in [-0.3, -0.25) is 9.78 Å². The van der Waals surface area contributed by atoms with Crippen LogP contribution in [-0.4, -0.2) is 10.9 Å². The number of carbonyl (C=O) groups is 1. The van der Waals surface area contributed by atoms with E-state index in [1.54, 1.807) is 36.5 Å². The monoisotopic (exact) mass is 392 g/mol. The maximum atomic E-state index is 12.6. The van der Waals surface area contributed by atoms with E-state index in [0.717, 1.165) is 16.5 Å². The highest BCUT2D eigenvalue weighted by molar-refractivity contribution is 6.31. The van der Waals surface area contributed by atoms with Gasteiger partial charge in [-0.25, -0.2) is 0 Å². The first-order valence-corrected chi connectivity index (χ1v) is 9.50. The normalized spacial score (nSPS) is 10.3. The van der Waals surface area contributed by atoms with Gasteiger partial charge in [-0.15, -0.1) is 0 Å². The molecule has 5 heteroatoms. The first-order valence-electron chi connectivity index (χ1n) is 9.13. The van der Waals surface area contributed by atoms with E-state index in [2.05, 4.69) is 10.3 Å². The second kappa shape index (κ2) is 8.72. The lowest BCUT2D eigenvalue weighted by atomic mass is 10.1. The second-order valence-electron chi connectivity index (χ2n) is 6.00. The molecule has 0 bridgehead atoms. The number of carbonyl (C=O) groups excluding carboxylic acids is 1. The lowest BCUT2D eigenvalue weighted by Crippen LogP contribution is -2.11. The maximum absolute atomic E-state index is 12.6. The zero-order valence-corrected chi connectivity index (χ0v) is 16.7. The van der Waals surface area contributed by atoms with E-state index in [1.807, 2.05) is 51.1 Å². The molecule has 4 rings (SSSR count). The zero-order valence-electron chi connectivity index (χ0n) is 16.0. The van der Waals surface area contributed by atoms with Crippen LogP contribution < -0.4 is 5.32 Å². The first-order chi connectivity index (χ1) is 13.6. The summed E-state index contributed by atoms with van der Waals surface area (Å²) in [5.74, 6) is 0.590. The average Bonchev–Trinajstić information content (AvgIpc) is 3.20. The third kappa shape index (κ3) is 4.24. The molecule has 0 fully saturated rings. The van der Waals surface area contributed by atoms with Crippen molar-refractivity contribution >= 4 is 34.1 Å². The predicted molar refractivity (Wildman–Crippen MR) is 115 cm³/mol. The van der Waals surface area contributed by atoms with Crippen LogP contribution in [0.2, 0.25) is 5.02 Å². The van der Waals surface area contributed by atoms with Crippen molar-refractivity contribution in [2.45, 2.75) is 20.8 Å². The number of amides is 1. The molecule has 0 aliphatic carbocycles. The number of benzene rings is 2. The van der Waals surface area contributed by atoms with Crippen molar-refractivity contribution in [1.82, 2.24) is 4.98 Å². The highest BCUT2D eigenvalue weighted by atomic mass is 35.5. The molecule has 0 radical (unpaired) electrons. The summed E-state index contributed by atoms with van der Waals surface area (Å²) in [4.78, 5) is 16.8. The highest BCUT2D eigenvalue weighted by Gasteiger charge is 2.14. The summed E-state index contributed by atoms with van der Waals surface area (Å²) in [5, 5.41) is 4.29. The SMILES string of the molecule is CC.Cc1ccc(-c2ccc(C(=O)Nc3ccnc4cc(Cl)ccc34)o2)cc1. The van der Waals surface area contributed by atoms with Crippen molar-refractivity contribution in [3.8, 4) is 11.3 Å². The van der Waals surface area contributed by atoms with E-state index >= 15 is 0 Å². The van der Waals surface area contributed by atoms with Crippen LogP contribution in [0, 0.1) is 6.92 Å². The van der Waals surface area contributed by atoms with E-state index < -0.39 is 0 Å². The molecule has 4 nitrogen and oxygen atoms in total. The maximum Gasteiger partial charge on any atom is 0.291 e. The number of fused-ring (bicyclic) bond motifs is 1. The van der Waals surface area contributed by atoms with E-state index in [0.29, 0.717) is 16.5 Å². The fourth-order valence-corrected chi connectivity index (χ4v) is 2.91. The Bertz CT molecular complexity index is 1100. The molecule has 0 saturated heterocycles. The smallest absolute Gasteiger partial charge is 0.291 e. The number of halogens is 1. The number of pyridine rings is 1. The number of hydrogen-bond donors (Lipinski definition) is 1. The molecule has 2 heterocycles. The molecule has 1 N–H and O–H groups in total. The Kier molecular flexibility index (Phi) is 6.12. The molecule has 142 valence electrons. The third-order valence-corrected chi connectivity index (χ3v) is 4.35. The third-order valence-electron chi connectivity index (χ3n) is 4.12. The number of rotatable bonds is 3. The van der Waals surface area contributed by atoms with Gasteiger partial charge in [0.25, 0.3) is 5.91 Å². The van der Waals surface area contributed by atoms with Gasteiger partial charge in [-0.1, -0.05) is 55.3 Å². The van der Waals surface area contributed by atoms with Gasteiger partial charge in [0.15, 0.2) is 5.76 Å². The lowest BCUT2D eigenvalue weighted by molar-refractivity contribution is 0.0997. The summed E-state index contributed by atoms with van der Waals surface area (Å²) < 4.78 is 5.73. The van der Waals surface area contributed by atoms with Crippen molar-refractivity contribution < 1.29 is 9.21 Å². The van der Waals surface area contributed by atoms with Crippen molar-refractivity contribution in [3.63, 3.8) is 0 Å². The topological polar surface area (TPSA) is 55.1 Å². The van der Waals surface area contributed by atoms with Crippen LogP contribution in [-0.2, 0) is 0 Å². The minimum Gasteiger partial charge on any atom is -0.451 e. The average molecular weight is 393 g/mol. The molecular weight excluding hydrogens is 372 g/mol. The van der Waals surface area contributed by atoms with Crippen LogP contribution in [0.1, 0.15) is 30.0 Å². The van der Waals surface area contributed by atoms with Gasteiger partial charge in [0, 0.05) is 22.2 Å². The molecule has 4 aromatic rings. The van der Waals surface area contributed by atoms with Crippen LogP contribution in [0.3, 0.4) is 0 Å². The van der Waals surface area contributed by atoms with Gasteiger partial charge < -0.3 is 9.73 Å². The van der Waals surface area contributed by atoms with Crippen LogP contribution in [0.4, 0.5) is 5.69 Å². The molecule has 0 atom stereocenters. The van der Waals surface area contributed by atoms with E-state index in [-0.39, 0.29) is 11.7 Å². The second-order valence-corrected chi connectivity index (χ2v) is 6.44. The van der Waals surface area contributed by atoms with Crippen LogP contribution in [0.25, 0.3) is 22.2 Å². The molecule has 1 amide bonds. The number of nitrogens with one attached hydrogen (secondary N) is 1. The minimum absolute atomic E-state index is 0.250. The fraction of sp³-hybridized carbons (Fsp3) is 0.130. The molecule has 0 unspecified atom stereocenters. The highest BCUT2D eigenvalue weighted by Crippen LogP contribution is 2.26. The predicted octanol–water partition coefficient (Wildman–Crippen LogP) is 6.74. The Morgan fingerprint density at radius 2 is 1.75 bits per heavy atom. The van der Waals surface area contributed by atoms with Crippen molar-refractivity contribution in [2.75, 3.05) is 5.32 Å². The molecular formula is C23H21ClN2O2. The minimum atomic E-state index is -0.314. The summed E-state index contributed by atoms with van der Waals surface area (Å²) in [6.07, 6.45) is 1.63. The van der Waals surface area contributed by atoms with Crippen molar-refractivity contribution in [1.29, 1.82) is 0 Å². The molecule has 2 aromatic heterocycles. The summed E-state index contributed by atoms with van der Waals surface area (Å²) in [6.45, 7) is 6.02. The summed E-state index contributed by atoms with van der Waals surface area (Å²) in [7, 11) is 0. The quantitative estimate of drug-likeness (QED) is 0.420. The van der Waals surface area contributed by atoms with Gasteiger partial charge in [0.1, 0.15) is 5.76 Å². The van der Waals surface area contributed by atoms with E-state index in [9.17, 15) is 4.79 Å². The molecule has 0 aliphatic rings. The number of aromatic nitrogens is 1. The van der Waals surface area contributed by atoms with Gasteiger partial charge in [-0.2, -0.15) is 0 Å². The van der Waals surface area contributed by atoms with Crippen LogP contribution in [0.15, 0.2) is 71.3 Å². The molecule has 0 aliphatic heterocycles. The Labute approximate surface area is 169 Å². The largest absolute Gasteiger partial charge is 0.451 e. The Morgan fingerprint density at radius 1 is 1.00 bits per heavy atom. The zero-order chi connectivity index (χ0) is 20.1. The van der Waals surface area contributed by atoms with Gasteiger partial charge >= 0.3 is 0 Å². The standard InChI is InChI=1S/C21H15ClN2O2.C2H6/c1-13-2-4-14(5-3-13)19-8-9-20(26-19)21(25)24-17-10-11-23-18-12-15(22)6-7-16(17)18;1-2/h2-12H,1H3,(H,23,24,25);1-2H3. The van der Waals surface area contributed by atoms with Crippen LogP contribution in [0.5, 0.6) is 0 Å². The number of hydrogen-bond acceptors (Lipinski definition) is 3. The van der Waals surface area contributed by atoms with E-state index in [1.165, 1.54) is 5.56 Å². The molecule has 28 heavy (non-hydrogen) atoms.